The molecule has 0 unspecified atom stereocenters. The van der Waals surface area contributed by atoms with Crippen LogP contribution < -0.4 is 10.1 Å². The Morgan fingerprint density at radius 2 is 2.18 bits per heavy atom. The van der Waals surface area contributed by atoms with Crippen molar-refractivity contribution in [3.63, 3.8) is 0 Å². The molecule has 7 heteroatoms. The van der Waals surface area contributed by atoms with Crippen LogP contribution in [0.2, 0.25) is 0 Å². The van der Waals surface area contributed by atoms with Gasteiger partial charge in [0.05, 0.1) is 0 Å². The molecule has 4 rings (SSSR count). The molecule has 3 heterocycles. The molecule has 0 bridgehead atoms. The van der Waals surface area contributed by atoms with Gasteiger partial charge in [-0.05, 0) is 30.7 Å². The highest BCUT2D eigenvalue weighted by Crippen LogP contribution is 2.27. The number of aryl methyl sites for hydroxylation is 1. The first-order valence-corrected chi connectivity index (χ1v) is 8.84. The van der Waals surface area contributed by atoms with Crippen LogP contribution in [0.4, 0.5) is 5.82 Å². The van der Waals surface area contributed by atoms with Crippen molar-refractivity contribution in [2.24, 2.45) is 0 Å². The van der Waals surface area contributed by atoms with Crippen molar-refractivity contribution in [3.8, 4) is 5.75 Å². The molecule has 3 aromatic rings. The van der Waals surface area contributed by atoms with E-state index >= 15 is 0 Å². The van der Waals surface area contributed by atoms with Gasteiger partial charge in [-0.1, -0.05) is 18.2 Å². The molecule has 1 N–H and O–H groups in total. The summed E-state index contributed by atoms with van der Waals surface area (Å²) in [6, 6.07) is 9.53. The molecular weight excluding hydrogens is 358 g/mol. The van der Waals surface area contributed by atoms with E-state index in [9.17, 15) is 9.59 Å². The summed E-state index contributed by atoms with van der Waals surface area (Å²) < 4.78 is 11.1. The molecule has 0 fully saturated rings. The number of amides is 2. The summed E-state index contributed by atoms with van der Waals surface area (Å²) in [6.45, 7) is 2.31. The minimum atomic E-state index is -0.234. The summed E-state index contributed by atoms with van der Waals surface area (Å²) in [4.78, 5) is 29.6. The zero-order valence-electron chi connectivity index (χ0n) is 15.6. The first kappa shape index (κ1) is 17.8. The Balaban J connectivity index is 1.47. The van der Waals surface area contributed by atoms with Crippen LogP contribution in [0, 0.1) is 6.92 Å². The van der Waals surface area contributed by atoms with Crippen LogP contribution in [0.5, 0.6) is 5.75 Å². The molecule has 0 atom stereocenters. The number of hydrogen-bond donors (Lipinski definition) is 1. The zero-order valence-corrected chi connectivity index (χ0v) is 15.6. The minimum Gasteiger partial charge on any atom is -0.480 e. The topological polar surface area (TPSA) is 84.7 Å². The number of nitrogens with one attached hydrogen (secondary N) is 1. The predicted octanol–water partition coefficient (Wildman–Crippen LogP) is 3.14. The second-order valence-electron chi connectivity index (χ2n) is 6.61. The van der Waals surface area contributed by atoms with E-state index in [1.54, 1.807) is 30.3 Å². The quantitative estimate of drug-likeness (QED) is 0.706. The van der Waals surface area contributed by atoms with E-state index < -0.39 is 0 Å². The number of anilines is 1. The molecule has 1 aliphatic rings. The highest BCUT2D eigenvalue weighted by atomic mass is 16.5. The maximum atomic E-state index is 12.5. The number of pyridine rings is 1. The van der Waals surface area contributed by atoms with Crippen LogP contribution in [-0.2, 0) is 16.1 Å². The molecule has 2 aromatic heterocycles. The van der Waals surface area contributed by atoms with Gasteiger partial charge in [0.15, 0.2) is 18.2 Å². The van der Waals surface area contributed by atoms with Crippen molar-refractivity contribution in [2.45, 2.75) is 13.5 Å². The van der Waals surface area contributed by atoms with Gasteiger partial charge in [-0.2, -0.15) is 0 Å². The Bertz CT molecular complexity index is 1100. The SMILES string of the molecule is Cc1oc2ccccc2c1CN(C)C(=O)C=Cc1cnc2c(c1)OCC(=O)N2. The number of ether oxygens (including phenoxy) is 1. The van der Waals surface area contributed by atoms with Crippen molar-refractivity contribution < 1.29 is 18.7 Å². The molecule has 1 aliphatic heterocycles. The number of para-hydroxylation sites is 1. The van der Waals surface area contributed by atoms with Crippen LogP contribution in [0.3, 0.4) is 0 Å². The summed E-state index contributed by atoms with van der Waals surface area (Å²) in [5.74, 6) is 1.31. The number of carbonyl (C=O) groups excluding carboxylic acids is 2. The lowest BCUT2D eigenvalue weighted by atomic mass is 10.1. The second-order valence-corrected chi connectivity index (χ2v) is 6.61. The maximum absolute atomic E-state index is 12.5. The first-order valence-electron chi connectivity index (χ1n) is 8.84. The lowest BCUT2D eigenvalue weighted by Gasteiger charge is -2.17. The average molecular weight is 377 g/mol. The van der Waals surface area contributed by atoms with E-state index in [0.29, 0.717) is 23.7 Å². The molecule has 7 nitrogen and oxygen atoms in total. The maximum Gasteiger partial charge on any atom is 0.263 e. The van der Waals surface area contributed by atoms with E-state index in [0.717, 1.165) is 22.3 Å². The highest BCUT2D eigenvalue weighted by molar-refractivity contribution is 5.95. The van der Waals surface area contributed by atoms with Crippen molar-refractivity contribution >= 4 is 34.7 Å². The highest BCUT2D eigenvalue weighted by Gasteiger charge is 2.17. The fourth-order valence-corrected chi connectivity index (χ4v) is 3.09. The molecule has 1 aromatic carbocycles. The minimum absolute atomic E-state index is 0.0402. The molecule has 0 radical (unpaired) electrons. The van der Waals surface area contributed by atoms with Crippen molar-refractivity contribution in [2.75, 3.05) is 19.0 Å². The molecule has 0 aliphatic carbocycles. The second kappa shape index (κ2) is 7.19. The van der Waals surface area contributed by atoms with E-state index in [2.05, 4.69) is 10.3 Å². The Hall–Kier alpha value is -3.61. The normalized spacial score (nSPS) is 13.3. The third kappa shape index (κ3) is 3.46. The van der Waals surface area contributed by atoms with E-state index in [1.807, 2.05) is 31.2 Å². The summed E-state index contributed by atoms with van der Waals surface area (Å²) in [5.41, 5.74) is 2.53. The number of carbonyl (C=O) groups is 2. The Morgan fingerprint density at radius 3 is 3.04 bits per heavy atom. The molecule has 142 valence electrons. The number of benzene rings is 1. The van der Waals surface area contributed by atoms with Crippen molar-refractivity contribution in [3.05, 3.63) is 59.5 Å². The third-order valence-electron chi connectivity index (χ3n) is 4.58. The van der Waals surface area contributed by atoms with Gasteiger partial charge in [-0.3, -0.25) is 9.59 Å². The van der Waals surface area contributed by atoms with E-state index in [-0.39, 0.29) is 18.4 Å². The summed E-state index contributed by atoms with van der Waals surface area (Å²) in [7, 11) is 1.75. The molecular formula is C21H19N3O4. The number of furan rings is 1. The fraction of sp³-hybridized carbons (Fsp3) is 0.190. The Morgan fingerprint density at radius 1 is 1.36 bits per heavy atom. The number of hydrogen-bond acceptors (Lipinski definition) is 5. The van der Waals surface area contributed by atoms with E-state index in [4.69, 9.17) is 9.15 Å². The lowest BCUT2D eigenvalue weighted by Crippen LogP contribution is -2.26. The number of fused-ring (bicyclic) bond motifs is 2. The largest absolute Gasteiger partial charge is 0.480 e. The van der Waals surface area contributed by atoms with Crippen molar-refractivity contribution in [1.82, 2.24) is 9.88 Å². The van der Waals surface area contributed by atoms with Gasteiger partial charge in [-0.15, -0.1) is 0 Å². The van der Waals surface area contributed by atoms with Gasteiger partial charge >= 0.3 is 0 Å². The van der Waals surface area contributed by atoms with Crippen LogP contribution in [0.15, 0.2) is 47.0 Å². The molecule has 28 heavy (non-hydrogen) atoms. The Labute approximate surface area is 161 Å². The van der Waals surface area contributed by atoms with Gasteiger partial charge < -0.3 is 19.4 Å². The number of likely N-dealkylation sites (N-methyl/N-ethyl adjacent to an activating group) is 1. The average Bonchev–Trinajstić information content (AvgIpc) is 3.01. The number of aromatic nitrogens is 1. The molecule has 0 saturated carbocycles. The predicted molar refractivity (Wildman–Crippen MR) is 105 cm³/mol. The van der Waals surface area contributed by atoms with Crippen LogP contribution >= 0.6 is 0 Å². The first-order chi connectivity index (χ1) is 13.5. The van der Waals surface area contributed by atoms with E-state index in [1.165, 1.54) is 6.08 Å². The Kier molecular flexibility index (Phi) is 4.57. The van der Waals surface area contributed by atoms with Crippen LogP contribution in [0.25, 0.3) is 17.0 Å². The molecule has 0 saturated heterocycles. The third-order valence-corrected chi connectivity index (χ3v) is 4.58. The summed E-state index contributed by atoms with van der Waals surface area (Å²) >= 11 is 0. The van der Waals surface area contributed by atoms with Gasteiger partial charge in [0.25, 0.3) is 5.91 Å². The number of nitrogens with zero attached hydrogens (tertiary/aromatic N) is 2. The standard InChI is InChI=1S/C21H19N3O4/c1-13-16(15-5-3-4-6-17(15)28-13)11-24(2)20(26)8-7-14-9-18-21(22-10-14)23-19(25)12-27-18/h3-10H,11-12H2,1-2H3,(H,22,23,25). The zero-order chi connectivity index (χ0) is 19.7. The van der Waals surface area contributed by atoms with Crippen LogP contribution in [0.1, 0.15) is 16.9 Å². The smallest absolute Gasteiger partial charge is 0.263 e. The molecule has 2 amide bonds. The lowest BCUT2D eigenvalue weighted by molar-refractivity contribution is -0.125. The fourth-order valence-electron chi connectivity index (χ4n) is 3.09. The van der Waals surface area contributed by atoms with Gasteiger partial charge in [-0.25, -0.2) is 4.98 Å². The van der Waals surface area contributed by atoms with Gasteiger partial charge in [0.1, 0.15) is 11.3 Å². The summed E-state index contributed by atoms with van der Waals surface area (Å²) in [5, 5.41) is 3.65. The summed E-state index contributed by atoms with van der Waals surface area (Å²) in [6.07, 6.45) is 4.74. The van der Waals surface area contributed by atoms with Crippen molar-refractivity contribution in [1.29, 1.82) is 0 Å². The number of rotatable bonds is 4. The monoisotopic (exact) mass is 377 g/mol. The van der Waals surface area contributed by atoms with Crippen LogP contribution in [-0.4, -0.2) is 35.4 Å². The molecule has 0 spiro atoms. The van der Waals surface area contributed by atoms with Gasteiger partial charge in [0.2, 0.25) is 5.91 Å². The van der Waals surface area contributed by atoms with Gasteiger partial charge in [0, 0.05) is 36.8 Å².